The zero-order valence-electron chi connectivity index (χ0n) is 19.1. The molecule has 0 aliphatic heterocycles. The Hall–Kier alpha value is -3.32. The van der Waals surface area contributed by atoms with Crippen molar-refractivity contribution in [1.82, 2.24) is 4.31 Å². The lowest BCUT2D eigenvalue weighted by molar-refractivity contribution is -0.384. The van der Waals surface area contributed by atoms with E-state index in [1.54, 1.807) is 49.4 Å². The van der Waals surface area contributed by atoms with E-state index in [2.05, 4.69) is 5.32 Å². The second kappa shape index (κ2) is 11.0. The summed E-state index contributed by atoms with van der Waals surface area (Å²) < 4.78 is 57.0. The van der Waals surface area contributed by atoms with Gasteiger partial charge in [0.1, 0.15) is 5.69 Å². The van der Waals surface area contributed by atoms with E-state index >= 15 is 0 Å². The van der Waals surface area contributed by atoms with Gasteiger partial charge in [0.05, 0.1) is 21.3 Å². The molecule has 0 amide bonds. The summed E-state index contributed by atoms with van der Waals surface area (Å²) in [7, 11) is -8.22. The Labute approximate surface area is 204 Å². The van der Waals surface area contributed by atoms with E-state index in [1.807, 2.05) is 6.92 Å². The standard InChI is InChI=1S/C23H25N3O7S2/c1-3-25(15-16-33-35(31,32)20-11-9-18(2)10-12-20)34(29,30)21-13-14-22(23(17-21)26(27)28)24-19-7-5-4-6-8-19/h4-14,17,24H,3,15-16H2,1-2H3. The molecule has 0 unspecified atom stereocenters. The smallest absolute Gasteiger partial charge is 0.297 e. The Bertz CT molecular complexity index is 1390. The zero-order chi connectivity index (χ0) is 25.6. The number of nitrogens with zero attached hydrogens (tertiary/aromatic N) is 2. The summed E-state index contributed by atoms with van der Waals surface area (Å²) in [5.41, 5.74) is 1.21. The highest BCUT2D eigenvalue weighted by Gasteiger charge is 2.27. The SMILES string of the molecule is CCN(CCOS(=O)(=O)c1ccc(C)cc1)S(=O)(=O)c1ccc(Nc2ccccc2)c([N+](=O)[O-])c1. The highest BCUT2D eigenvalue weighted by molar-refractivity contribution is 7.89. The van der Waals surface area contributed by atoms with Gasteiger partial charge in [-0.05, 0) is 43.3 Å². The molecule has 10 nitrogen and oxygen atoms in total. The van der Waals surface area contributed by atoms with E-state index in [-0.39, 0.29) is 28.6 Å². The van der Waals surface area contributed by atoms with Crippen molar-refractivity contribution in [2.75, 3.05) is 25.0 Å². The van der Waals surface area contributed by atoms with E-state index < -0.39 is 37.4 Å². The molecule has 0 fully saturated rings. The van der Waals surface area contributed by atoms with Crippen molar-refractivity contribution in [3.63, 3.8) is 0 Å². The Kier molecular flexibility index (Phi) is 8.22. The van der Waals surface area contributed by atoms with Crippen molar-refractivity contribution in [2.45, 2.75) is 23.6 Å². The fourth-order valence-corrected chi connectivity index (χ4v) is 5.58. The molecule has 1 N–H and O–H groups in total. The minimum atomic E-state index is -4.16. The van der Waals surface area contributed by atoms with Crippen LogP contribution in [0.1, 0.15) is 12.5 Å². The van der Waals surface area contributed by atoms with Crippen molar-refractivity contribution in [3.8, 4) is 0 Å². The first-order chi connectivity index (χ1) is 16.5. The maximum Gasteiger partial charge on any atom is 0.297 e. The summed E-state index contributed by atoms with van der Waals surface area (Å²) >= 11 is 0. The van der Waals surface area contributed by atoms with Gasteiger partial charge >= 0.3 is 0 Å². The molecule has 0 spiro atoms. The van der Waals surface area contributed by atoms with Gasteiger partial charge in [-0.15, -0.1) is 0 Å². The summed E-state index contributed by atoms with van der Waals surface area (Å²) in [5.74, 6) is 0. The molecule has 0 aromatic heterocycles. The molecule has 186 valence electrons. The number of nitro groups is 1. The number of sulfonamides is 1. The van der Waals surface area contributed by atoms with Gasteiger partial charge in [-0.2, -0.15) is 12.7 Å². The first-order valence-corrected chi connectivity index (χ1v) is 13.5. The van der Waals surface area contributed by atoms with Gasteiger partial charge in [-0.3, -0.25) is 14.3 Å². The maximum atomic E-state index is 13.1. The Morgan fingerprint density at radius 1 is 0.943 bits per heavy atom. The van der Waals surface area contributed by atoms with Gasteiger partial charge in [0.25, 0.3) is 15.8 Å². The molecule has 0 aliphatic carbocycles. The van der Waals surface area contributed by atoms with Crippen molar-refractivity contribution in [1.29, 1.82) is 0 Å². The number of benzene rings is 3. The minimum absolute atomic E-state index is 0.00802. The van der Waals surface area contributed by atoms with Gasteiger partial charge in [0.15, 0.2) is 0 Å². The van der Waals surface area contributed by atoms with Crippen LogP contribution in [0.15, 0.2) is 82.6 Å². The molecular formula is C23H25N3O7S2. The van der Waals surface area contributed by atoms with Crippen molar-refractivity contribution < 1.29 is 25.9 Å². The molecule has 0 bridgehead atoms. The third-order valence-corrected chi connectivity index (χ3v) is 8.39. The molecule has 0 saturated carbocycles. The summed E-state index contributed by atoms with van der Waals surface area (Å²) in [6.45, 7) is 2.72. The highest BCUT2D eigenvalue weighted by atomic mass is 32.2. The molecular weight excluding hydrogens is 494 g/mol. The van der Waals surface area contributed by atoms with Crippen LogP contribution in [0.3, 0.4) is 0 Å². The number of rotatable bonds is 11. The molecule has 3 rings (SSSR count). The van der Waals surface area contributed by atoms with Crippen molar-refractivity contribution in [3.05, 3.63) is 88.5 Å². The maximum absolute atomic E-state index is 13.1. The lowest BCUT2D eigenvalue weighted by Crippen LogP contribution is -2.34. The molecule has 12 heteroatoms. The van der Waals surface area contributed by atoms with E-state index in [0.717, 1.165) is 15.9 Å². The second-order valence-corrected chi connectivity index (χ2v) is 11.1. The first kappa shape index (κ1) is 26.3. The lowest BCUT2D eigenvalue weighted by Gasteiger charge is -2.20. The van der Waals surface area contributed by atoms with Crippen LogP contribution in [0.4, 0.5) is 17.1 Å². The Morgan fingerprint density at radius 2 is 1.57 bits per heavy atom. The van der Waals surface area contributed by atoms with Crippen LogP contribution < -0.4 is 5.32 Å². The third kappa shape index (κ3) is 6.42. The predicted molar refractivity (Wildman–Crippen MR) is 132 cm³/mol. The topological polar surface area (TPSA) is 136 Å². The van der Waals surface area contributed by atoms with Crippen molar-refractivity contribution >= 4 is 37.2 Å². The van der Waals surface area contributed by atoms with Crippen LogP contribution in [-0.2, 0) is 24.3 Å². The number of hydrogen-bond acceptors (Lipinski definition) is 8. The van der Waals surface area contributed by atoms with Crippen LogP contribution in [0.25, 0.3) is 0 Å². The van der Waals surface area contributed by atoms with Crippen LogP contribution >= 0.6 is 0 Å². The quantitative estimate of drug-likeness (QED) is 0.228. The fraction of sp³-hybridized carbons (Fsp3) is 0.217. The molecule has 0 atom stereocenters. The number of para-hydroxylation sites is 1. The average molecular weight is 520 g/mol. The van der Waals surface area contributed by atoms with Gasteiger partial charge in [-0.1, -0.05) is 42.8 Å². The number of nitro benzene ring substituents is 1. The monoisotopic (exact) mass is 519 g/mol. The predicted octanol–water partition coefficient (Wildman–Crippen LogP) is 4.06. The number of likely N-dealkylation sites (N-methyl/N-ethyl adjacent to an activating group) is 1. The van der Waals surface area contributed by atoms with Gasteiger partial charge in [0, 0.05) is 24.8 Å². The van der Waals surface area contributed by atoms with Crippen molar-refractivity contribution in [2.24, 2.45) is 0 Å². The number of anilines is 2. The number of hydrogen-bond donors (Lipinski definition) is 1. The molecule has 0 aliphatic rings. The largest absolute Gasteiger partial charge is 0.350 e. The minimum Gasteiger partial charge on any atom is -0.350 e. The van der Waals surface area contributed by atoms with E-state index in [4.69, 9.17) is 4.18 Å². The molecule has 0 saturated heterocycles. The van der Waals surface area contributed by atoms with Crippen LogP contribution in [0.2, 0.25) is 0 Å². The van der Waals surface area contributed by atoms with E-state index in [0.29, 0.717) is 5.69 Å². The summed E-state index contributed by atoms with van der Waals surface area (Å²) in [6.07, 6.45) is 0. The Balaban J connectivity index is 1.77. The molecule has 0 heterocycles. The second-order valence-electron chi connectivity index (χ2n) is 7.51. The van der Waals surface area contributed by atoms with Crippen LogP contribution in [0, 0.1) is 17.0 Å². The molecule has 3 aromatic carbocycles. The highest BCUT2D eigenvalue weighted by Crippen LogP contribution is 2.31. The van der Waals surface area contributed by atoms with Gasteiger partial charge in [-0.25, -0.2) is 8.42 Å². The van der Waals surface area contributed by atoms with E-state index in [9.17, 15) is 26.9 Å². The van der Waals surface area contributed by atoms with Gasteiger partial charge < -0.3 is 5.32 Å². The zero-order valence-corrected chi connectivity index (χ0v) is 20.8. The summed E-state index contributed by atoms with van der Waals surface area (Å²) in [5, 5.41) is 14.5. The molecule has 35 heavy (non-hydrogen) atoms. The fourth-order valence-electron chi connectivity index (χ4n) is 3.22. The van der Waals surface area contributed by atoms with Gasteiger partial charge in [0.2, 0.25) is 10.0 Å². The van der Waals surface area contributed by atoms with Crippen LogP contribution in [0.5, 0.6) is 0 Å². The van der Waals surface area contributed by atoms with Crippen LogP contribution in [-0.4, -0.2) is 45.8 Å². The third-order valence-electron chi connectivity index (χ3n) is 5.10. The average Bonchev–Trinajstić information content (AvgIpc) is 2.82. The lowest BCUT2D eigenvalue weighted by atomic mass is 10.2. The summed E-state index contributed by atoms with van der Waals surface area (Å²) in [6, 6.07) is 18.4. The summed E-state index contributed by atoms with van der Waals surface area (Å²) in [4.78, 5) is 10.6. The first-order valence-electron chi connectivity index (χ1n) is 10.6. The number of aryl methyl sites for hydroxylation is 1. The Morgan fingerprint density at radius 3 is 2.17 bits per heavy atom. The molecule has 3 aromatic rings. The normalized spacial score (nSPS) is 12.0. The van der Waals surface area contributed by atoms with E-state index in [1.165, 1.54) is 24.3 Å². The number of nitrogens with one attached hydrogen (secondary N) is 1. The molecule has 0 radical (unpaired) electrons.